The molecule has 3 aliphatic rings. The molecule has 1 spiro atoms. The number of aliphatic hydroxyl groups excluding tert-OH is 1. The van der Waals surface area contributed by atoms with Crippen LogP contribution >= 0.6 is 0 Å². The second-order valence-electron chi connectivity index (χ2n) is 12.0. The molecule has 4 atom stereocenters. The predicted octanol–water partition coefficient (Wildman–Crippen LogP) is 3.29. The number of nitrogens with one attached hydrogen (secondary N) is 3. The number of benzene rings is 1. The molecule has 212 valence electrons. The maximum atomic E-state index is 14.3. The lowest BCUT2D eigenvalue weighted by atomic mass is 9.75. The molecule has 4 rings (SSSR count). The van der Waals surface area contributed by atoms with Gasteiger partial charge in [0.15, 0.2) is 0 Å². The Hall–Kier alpha value is -2.21. The molecular weight excluding hydrogens is 499 g/mol. The van der Waals surface area contributed by atoms with Crippen LogP contribution in [0.15, 0.2) is 24.3 Å². The molecule has 0 radical (unpaired) electrons. The summed E-state index contributed by atoms with van der Waals surface area (Å²) in [6.45, 7) is 5.97. The third kappa shape index (κ3) is 5.43. The second kappa shape index (κ2) is 10.7. The second-order valence-corrected chi connectivity index (χ2v) is 12.0. The Bertz CT molecular complexity index is 1000. The van der Waals surface area contributed by atoms with E-state index in [1.807, 2.05) is 25.8 Å². The molecule has 1 aliphatic carbocycles. The fourth-order valence-corrected chi connectivity index (χ4v) is 6.47. The smallest absolute Gasteiger partial charge is 0.391 e. The number of rotatable bonds is 4. The number of carbonyl (C=O) groups is 2. The van der Waals surface area contributed by atoms with Crippen LogP contribution in [0.5, 0.6) is 0 Å². The topological polar surface area (TPSA) is 96.9 Å². The van der Waals surface area contributed by atoms with Gasteiger partial charge in [0.25, 0.3) is 0 Å². The summed E-state index contributed by atoms with van der Waals surface area (Å²) in [4.78, 5) is 28.4. The van der Waals surface area contributed by atoms with E-state index < -0.39 is 40.9 Å². The number of β-amino-alcohol motifs (C(OH)–C–C–N with tert-alkyl or cyclic N) is 1. The number of amides is 2. The number of carbonyl (C=O) groups excluding carboxylic acids is 2. The fraction of sp³-hybridized carbons (Fsp3) is 0.704. The summed E-state index contributed by atoms with van der Waals surface area (Å²) in [5, 5.41) is 15.0. The summed E-state index contributed by atoms with van der Waals surface area (Å²) in [7, 11) is 1.51. The van der Waals surface area contributed by atoms with E-state index in [9.17, 15) is 27.9 Å². The standard InChI is InChI=1S/C27H40F3N5O3/c1-25(2,3)22(24(38)34-16-19(36)15-20(34)23(37)31-4)35-26(13-7-5-6-8-14-26)21(32-33-35)17-9-11-18(12-10-17)27(28,29)30/h9-12,19-22,32-33,36H,5-8,13-16H2,1-4H3,(H,31,37)/t19-,20+,21?,22-/m1/s1. The van der Waals surface area contributed by atoms with Crippen LogP contribution in [0.1, 0.15) is 82.9 Å². The van der Waals surface area contributed by atoms with Gasteiger partial charge in [0.05, 0.1) is 23.2 Å². The van der Waals surface area contributed by atoms with Crippen molar-refractivity contribution in [2.75, 3.05) is 13.6 Å². The average molecular weight is 540 g/mol. The molecule has 1 unspecified atom stereocenters. The van der Waals surface area contributed by atoms with Crippen molar-refractivity contribution < 1.29 is 27.9 Å². The number of nitrogens with zero attached hydrogens (tertiary/aromatic N) is 2. The van der Waals surface area contributed by atoms with Crippen molar-refractivity contribution in [2.45, 2.75) is 102 Å². The third-order valence-electron chi connectivity index (χ3n) is 8.31. The molecule has 2 saturated heterocycles. The molecule has 8 nitrogen and oxygen atoms in total. The summed E-state index contributed by atoms with van der Waals surface area (Å²) >= 11 is 0. The van der Waals surface area contributed by atoms with E-state index in [4.69, 9.17) is 0 Å². The monoisotopic (exact) mass is 539 g/mol. The molecule has 0 bridgehead atoms. The molecule has 0 aromatic heterocycles. The highest BCUT2D eigenvalue weighted by Crippen LogP contribution is 2.47. The lowest BCUT2D eigenvalue weighted by molar-refractivity contribution is -0.151. The summed E-state index contributed by atoms with van der Waals surface area (Å²) < 4.78 is 39.8. The largest absolute Gasteiger partial charge is 0.416 e. The number of likely N-dealkylation sites (tertiary alicyclic amines) is 1. The number of alkyl halides is 3. The van der Waals surface area contributed by atoms with Crippen molar-refractivity contribution in [3.63, 3.8) is 0 Å². The van der Waals surface area contributed by atoms with Gasteiger partial charge in [0, 0.05) is 20.0 Å². The number of hydrogen-bond acceptors (Lipinski definition) is 6. The summed E-state index contributed by atoms with van der Waals surface area (Å²) in [5.41, 5.74) is 5.46. The highest BCUT2D eigenvalue weighted by molar-refractivity contribution is 5.91. The number of hydrazine groups is 2. The van der Waals surface area contributed by atoms with Gasteiger partial charge >= 0.3 is 6.18 Å². The minimum Gasteiger partial charge on any atom is -0.391 e. The predicted molar refractivity (Wildman–Crippen MR) is 136 cm³/mol. The van der Waals surface area contributed by atoms with E-state index in [-0.39, 0.29) is 30.8 Å². The Labute approximate surface area is 222 Å². The summed E-state index contributed by atoms with van der Waals surface area (Å²) in [6, 6.07) is 3.43. The lowest BCUT2D eigenvalue weighted by Gasteiger charge is -2.48. The molecule has 2 amide bonds. The SMILES string of the molecule is CNC(=O)[C@@H]1C[C@@H](O)CN1C(=O)[C@@H](N1NNC(c2ccc(C(F)(F)F)cc2)C12CCCCCC2)C(C)(C)C. The first-order chi connectivity index (χ1) is 17.8. The van der Waals surface area contributed by atoms with Gasteiger partial charge in [-0.1, -0.05) is 58.6 Å². The zero-order valence-corrected chi connectivity index (χ0v) is 22.6. The molecule has 1 aromatic rings. The maximum absolute atomic E-state index is 14.3. The lowest BCUT2D eigenvalue weighted by Crippen LogP contribution is -2.65. The van der Waals surface area contributed by atoms with Crippen molar-refractivity contribution in [1.82, 2.24) is 26.2 Å². The Morgan fingerprint density at radius 1 is 1.08 bits per heavy atom. The highest BCUT2D eigenvalue weighted by atomic mass is 19.4. The van der Waals surface area contributed by atoms with E-state index in [1.54, 1.807) is 0 Å². The fourth-order valence-electron chi connectivity index (χ4n) is 6.47. The molecule has 3 fully saturated rings. The first-order valence-electron chi connectivity index (χ1n) is 13.5. The van der Waals surface area contributed by atoms with Crippen LogP contribution in [-0.4, -0.2) is 64.1 Å². The number of halogens is 3. The average Bonchev–Trinajstić information content (AvgIpc) is 3.30. The van der Waals surface area contributed by atoms with Crippen LogP contribution < -0.4 is 16.3 Å². The normalized spacial score (nSPS) is 27.4. The van der Waals surface area contributed by atoms with Crippen molar-refractivity contribution in [1.29, 1.82) is 0 Å². The molecule has 11 heteroatoms. The number of likely N-dealkylation sites (N-methyl/N-ethyl adjacent to an activating group) is 1. The summed E-state index contributed by atoms with van der Waals surface area (Å²) in [6.07, 6.45) is 0.390. The maximum Gasteiger partial charge on any atom is 0.416 e. The number of aliphatic hydroxyl groups is 1. The molecular formula is C27H40F3N5O3. The van der Waals surface area contributed by atoms with Gasteiger partial charge in [-0.25, -0.2) is 10.4 Å². The Morgan fingerprint density at radius 3 is 2.21 bits per heavy atom. The van der Waals surface area contributed by atoms with Gasteiger partial charge in [-0.2, -0.15) is 18.7 Å². The molecule has 4 N–H and O–H groups in total. The van der Waals surface area contributed by atoms with Crippen molar-refractivity contribution in [3.05, 3.63) is 35.4 Å². The van der Waals surface area contributed by atoms with Gasteiger partial charge in [-0.05, 0) is 36.0 Å². The quantitative estimate of drug-likeness (QED) is 0.469. The van der Waals surface area contributed by atoms with Crippen molar-refractivity contribution in [3.8, 4) is 0 Å². The van der Waals surface area contributed by atoms with Gasteiger partial charge in [0.1, 0.15) is 12.1 Å². The van der Waals surface area contributed by atoms with Crippen LogP contribution in [0.4, 0.5) is 13.2 Å². The van der Waals surface area contributed by atoms with Crippen LogP contribution in [0.3, 0.4) is 0 Å². The highest BCUT2D eigenvalue weighted by Gasteiger charge is 2.57. The van der Waals surface area contributed by atoms with Crippen LogP contribution in [-0.2, 0) is 15.8 Å². The Kier molecular flexibility index (Phi) is 8.14. The summed E-state index contributed by atoms with van der Waals surface area (Å²) in [5.74, 6) is -0.574. The third-order valence-corrected chi connectivity index (χ3v) is 8.31. The van der Waals surface area contributed by atoms with Gasteiger partial charge in [0.2, 0.25) is 11.8 Å². The van der Waals surface area contributed by atoms with E-state index in [0.29, 0.717) is 0 Å². The first-order valence-corrected chi connectivity index (χ1v) is 13.5. The molecule has 2 heterocycles. The number of hydrogen-bond donors (Lipinski definition) is 4. The van der Waals surface area contributed by atoms with Crippen molar-refractivity contribution in [2.24, 2.45) is 5.41 Å². The van der Waals surface area contributed by atoms with Crippen LogP contribution in [0, 0.1) is 5.41 Å². The van der Waals surface area contributed by atoms with Crippen LogP contribution in [0.25, 0.3) is 0 Å². The minimum absolute atomic E-state index is 0.0695. The zero-order chi connectivity index (χ0) is 27.9. The molecule has 38 heavy (non-hydrogen) atoms. The molecule has 1 saturated carbocycles. The van der Waals surface area contributed by atoms with E-state index in [2.05, 4.69) is 16.3 Å². The van der Waals surface area contributed by atoms with E-state index in [1.165, 1.54) is 24.1 Å². The van der Waals surface area contributed by atoms with E-state index >= 15 is 0 Å². The minimum atomic E-state index is -4.42. The van der Waals surface area contributed by atoms with Gasteiger partial charge in [-0.3, -0.25) is 9.59 Å². The molecule has 1 aromatic carbocycles. The Balaban J connectivity index is 1.74. The van der Waals surface area contributed by atoms with Gasteiger partial charge < -0.3 is 15.3 Å². The molecule has 2 aliphatic heterocycles. The first kappa shape index (κ1) is 28.8. The Morgan fingerprint density at radius 2 is 1.68 bits per heavy atom. The van der Waals surface area contributed by atoms with Crippen molar-refractivity contribution >= 4 is 11.8 Å². The zero-order valence-electron chi connectivity index (χ0n) is 22.6. The van der Waals surface area contributed by atoms with E-state index in [0.717, 1.165) is 56.2 Å². The van der Waals surface area contributed by atoms with Crippen LogP contribution in [0.2, 0.25) is 0 Å². The van der Waals surface area contributed by atoms with Gasteiger partial charge in [-0.15, -0.1) is 0 Å².